The number of aliphatic hydroxyl groups is 3. The predicted octanol–water partition coefficient (Wildman–Crippen LogP) is 12.1. The molecule has 1 saturated heterocycles. The number of anilines is 1. The van der Waals surface area contributed by atoms with Gasteiger partial charge in [0.25, 0.3) is 0 Å². The molecule has 1 aromatic rings. The number of nitrogens with two attached hydrogens (primary N) is 1. The third-order valence-corrected chi connectivity index (χ3v) is 16.1. The van der Waals surface area contributed by atoms with Gasteiger partial charge in [0.15, 0.2) is 12.3 Å². The van der Waals surface area contributed by atoms with Gasteiger partial charge in [-0.2, -0.15) is 9.29 Å². The van der Waals surface area contributed by atoms with E-state index in [0.29, 0.717) is 25.7 Å². The van der Waals surface area contributed by atoms with Crippen molar-refractivity contribution in [1.82, 2.24) is 9.55 Å². The lowest BCUT2D eigenvalue weighted by Gasteiger charge is -2.21. The number of nitrogens with zero attached hydrogens (tertiary/aromatic N) is 2. The summed E-state index contributed by atoms with van der Waals surface area (Å²) in [6.45, 7) is 4.35. The van der Waals surface area contributed by atoms with Crippen LogP contribution in [0.4, 0.5) is 5.82 Å². The van der Waals surface area contributed by atoms with Gasteiger partial charge in [-0.15, -0.1) is 0 Å². The Hall–Kier alpha value is -3.32. The summed E-state index contributed by atoms with van der Waals surface area (Å²) in [4.78, 5) is 62.1. The van der Waals surface area contributed by atoms with Crippen molar-refractivity contribution >= 4 is 33.4 Å². The standard InChI is InChI=1S/C57H99N3O16P2/c1-4-6-38-48(61)39-34-30-26-22-18-15-16-20-24-28-32-36-41-53(63)74-49(44-71-52(62)40-35-31-27-23-19-14-12-10-8-7-9-11-13-17-21-25-29-33-37-47(3)5-2)45-72-77(67,68)76-78(69,70)73-46-50-54(64)55(65)56(75-50)60-43-42-51(58)59-57(60)66/h15-16,22,24,26,28,34,39,42-43,47-50,54-56,61,64-65H,4-14,17-21,23,25,27,29-33,35-38,40-41,44-46H2,1-3H3,(H,67,68)(H,69,70)(H2,58,59,66)/b16-15-,26-22-,28-24-,39-34-/t47?,48-,49-,50-,54-,55-,56-/m1/s1. The van der Waals surface area contributed by atoms with E-state index < -0.39 is 89.8 Å². The number of hydrogen-bond acceptors (Lipinski definition) is 16. The van der Waals surface area contributed by atoms with Gasteiger partial charge in [-0.1, -0.05) is 204 Å². The quantitative estimate of drug-likeness (QED) is 0.0153. The Morgan fingerprint density at radius 1 is 0.705 bits per heavy atom. The maximum Gasteiger partial charge on any atom is 0.481 e. The average molecular weight is 1140 g/mol. The molecular formula is C57H99N3O16P2. The number of carbonyl (C=O) groups excluding carboxylic acids is 2. The number of unbranched alkanes of at least 4 members (excludes halogenated alkanes) is 19. The second-order valence-electron chi connectivity index (χ2n) is 20.6. The fraction of sp³-hybridized carbons (Fsp3) is 0.754. The minimum atomic E-state index is -5.45. The van der Waals surface area contributed by atoms with Gasteiger partial charge in [0, 0.05) is 19.0 Å². The van der Waals surface area contributed by atoms with Gasteiger partial charge >= 0.3 is 33.3 Å². The van der Waals surface area contributed by atoms with Crippen LogP contribution in [0.15, 0.2) is 65.7 Å². The topological polar surface area (TPSA) is 286 Å². The Balaban J connectivity index is 1.76. The van der Waals surface area contributed by atoms with E-state index in [1.807, 2.05) is 42.5 Å². The molecule has 19 nitrogen and oxygen atoms in total. The van der Waals surface area contributed by atoms with Crippen LogP contribution in [-0.2, 0) is 46.3 Å². The third-order valence-electron chi connectivity index (χ3n) is 13.5. The second-order valence-corrected chi connectivity index (χ2v) is 23.6. The van der Waals surface area contributed by atoms with Crippen molar-refractivity contribution in [2.75, 3.05) is 25.6 Å². The minimum absolute atomic E-state index is 0.0420. The van der Waals surface area contributed by atoms with E-state index in [0.717, 1.165) is 74.5 Å². The van der Waals surface area contributed by atoms with Crippen LogP contribution in [0.25, 0.3) is 0 Å². The number of carbonyl (C=O) groups is 2. The molecule has 0 bridgehead atoms. The molecule has 0 spiro atoms. The van der Waals surface area contributed by atoms with Crippen molar-refractivity contribution in [2.24, 2.45) is 5.92 Å². The highest BCUT2D eigenvalue weighted by Crippen LogP contribution is 2.60. The van der Waals surface area contributed by atoms with Gasteiger partial charge in [0.05, 0.1) is 19.3 Å². The Labute approximate surface area is 465 Å². The number of phosphoric ester groups is 2. The molecule has 0 saturated carbocycles. The zero-order valence-corrected chi connectivity index (χ0v) is 49.0. The highest BCUT2D eigenvalue weighted by atomic mass is 31.3. The summed E-state index contributed by atoms with van der Waals surface area (Å²) >= 11 is 0. The second kappa shape index (κ2) is 43.4. The first-order valence-electron chi connectivity index (χ1n) is 29.1. The van der Waals surface area contributed by atoms with E-state index in [1.165, 1.54) is 102 Å². The summed E-state index contributed by atoms with van der Waals surface area (Å²) in [5, 5.41) is 30.8. The van der Waals surface area contributed by atoms with Crippen molar-refractivity contribution in [1.29, 1.82) is 0 Å². The first-order valence-corrected chi connectivity index (χ1v) is 32.1. The fourth-order valence-electron chi connectivity index (χ4n) is 8.60. The first-order chi connectivity index (χ1) is 37.5. The number of nitrogen functional groups attached to an aromatic ring is 1. The van der Waals surface area contributed by atoms with E-state index in [2.05, 4.69) is 36.1 Å². The minimum Gasteiger partial charge on any atom is -0.462 e. The molecule has 1 aliphatic heterocycles. The molecule has 7 N–H and O–H groups in total. The molecule has 0 amide bonds. The van der Waals surface area contributed by atoms with Gasteiger partial charge in [0.2, 0.25) is 0 Å². The molecule has 0 aliphatic carbocycles. The number of rotatable bonds is 48. The van der Waals surface area contributed by atoms with Crippen LogP contribution in [0.5, 0.6) is 0 Å². The number of hydrogen-bond donors (Lipinski definition) is 6. The zero-order chi connectivity index (χ0) is 57.3. The van der Waals surface area contributed by atoms with E-state index in [4.69, 9.17) is 29.0 Å². The van der Waals surface area contributed by atoms with E-state index in [9.17, 15) is 48.6 Å². The monoisotopic (exact) mass is 1140 g/mol. The lowest BCUT2D eigenvalue weighted by atomic mass is 9.99. The number of allylic oxidation sites excluding steroid dienone is 7. The Bertz CT molecular complexity index is 2030. The van der Waals surface area contributed by atoms with Crippen molar-refractivity contribution in [2.45, 2.75) is 250 Å². The van der Waals surface area contributed by atoms with E-state index in [1.54, 1.807) is 0 Å². The molecule has 0 aromatic carbocycles. The van der Waals surface area contributed by atoms with Gasteiger partial charge in [-0.25, -0.2) is 13.9 Å². The van der Waals surface area contributed by atoms with Crippen molar-refractivity contribution in [3.05, 3.63) is 71.4 Å². The Morgan fingerprint density at radius 2 is 1.23 bits per heavy atom. The van der Waals surface area contributed by atoms with Crippen LogP contribution in [0, 0.1) is 5.92 Å². The van der Waals surface area contributed by atoms with Crippen LogP contribution in [0.2, 0.25) is 0 Å². The van der Waals surface area contributed by atoms with Crippen LogP contribution in [-0.4, -0.2) is 96.9 Å². The molecule has 448 valence electrons. The van der Waals surface area contributed by atoms with Crippen LogP contribution < -0.4 is 11.4 Å². The van der Waals surface area contributed by atoms with E-state index >= 15 is 0 Å². The summed E-state index contributed by atoms with van der Waals surface area (Å²) in [5.41, 5.74) is 4.59. The molecule has 78 heavy (non-hydrogen) atoms. The number of esters is 2. The van der Waals surface area contributed by atoms with Crippen LogP contribution in [0.1, 0.15) is 220 Å². The Kier molecular flexibility index (Phi) is 39.4. The van der Waals surface area contributed by atoms with Gasteiger partial charge in [-0.3, -0.25) is 23.2 Å². The maximum atomic E-state index is 12.9. The predicted molar refractivity (Wildman–Crippen MR) is 304 cm³/mol. The molecule has 1 aliphatic rings. The molecule has 2 heterocycles. The fourth-order valence-corrected chi connectivity index (χ4v) is 10.7. The van der Waals surface area contributed by atoms with Gasteiger partial charge in [0.1, 0.15) is 30.7 Å². The Morgan fingerprint density at radius 3 is 1.79 bits per heavy atom. The summed E-state index contributed by atoms with van der Waals surface area (Å²) in [7, 11) is -10.9. The molecule has 21 heteroatoms. The molecular weight excluding hydrogens is 1040 g/mol. The highest BCUT2D eigenvalue weighted by Gasteiger charge is 2.46. The number of aromatic nitrogens is 2. The molecule has 0 radical (unpaired) electrons. The smallest absolute Gasteiger partial charge is 0.462 e. The zero-order valence-electron chi connectivity index (χ0n) is 47.2. The largest absolute Gasteiger partial charge is 0.481 e. The number of ether oxygens (including phenoxy) is 3. The molecule has 1 aromatic heterocycles. The number of aliphatic hydroxyl groups excluding tert-OH is 3. The van der Waals surface area contributed by atoms with Crippen molar-refractivity contribution in [3.8, 4) is 0 Å². The van der Waals surface area contributed by atoms with E-state index in [-0.39, 0.29) is 18.7 Å². The molecule has 9 atom stereocenters. The molecule has 2 rings (SSSR count). The molecule has 3 unspecified atom stereocenters. The molecule has 1 fully saturated rings. The van der Waals surface area contributed by atoms with Gasteiger partial charge < -0.3 is 45.1 Å². The normalized spacial score (nSPS) is 19.7. The first kappa shape index (κ1) is 70.8. The highest BCUT2D eigenvalue weighted by molar-refractivity contribution is 7.61. The summed E-state index contributed by atoms with van der Waals surface area (Å²) < 4.78 is 56.9. The average Bonchev–Trinajstić information content (AvgIpc) is 3.71. The van der Waals surface area contributed by atoms with Crippen molar-refractivity contribution in [3.63, 3.8) is 0 Å². The summed E-state index contributed by atoms with van der Waals surface area (Å²) in [5.74, 6) is -0.512. The van der Waals surface area contributed by atoms with Gasteiger partial charge in [-0.05, 0) is 56.9 Å². The van der Waals surface area contributed by atoms with Crippen molar-refractivity contribution < 1.29 is 71.4 Å². The number of phosphoric acid groups is 2. The maximum absolute atomic E-state index is 12.9. The lowest BCUT2D eigenvalue weighted by Crippen LogP contribution is -2.36. The summed E-state index contributed by atoms with van der Waals surface area (Å²) in [6, 6.07) is 1.24. The lowest BCUT2D eigenvalue weighted by molar-refractivity contribution is -0.161. The third kappa shape index (κ3) is 35.4. The van der Waals surface area contributed by atoms with Crippen LogP contribution in [0.3, 0.4) is 0 Å². The summed E-state index contributed by atoms with van der Waals surface area (Å²) in [6.07, 6.45) is 39.5. The van der Waals surface area contributed by atoms with Crippen LogP contribution >= 0.6 is 15.6 Å². The SMILES string of the molecule is CCCC[C@@H](O)/C=C\C/C=C\C/C=C\C/C=C\CCCC(=O)O[C@H](COC(=O)CCCCCCCCCCCCCCCCCCCCC(C)CC)COP(=O)(O)OP(=O)(O)OC[C@H]1O[C@@H](n2ccc(N)nc2=O)[C@H](O)[C@@H]1O.